The molecule has 0 saturated carbocycles. The van der Waals surface area contributed by atoms with Crippen molar-refractivity contribution >= 4 is 23.3 Å². The number of amides is 1. The van der Waals surface area contributed by atoms with Crippen molar-refractivity contribution in [3.8, 4) is 0 Å². The van der Waals surface area contributed by atoms with E-state index in [0.29, 0.717) is 11.3 Å². The molecule has 27 heavy (non-hydrogen) atoms. The SMILES string of the molecule is Cc1ccc(C(=O)O[C@@H](C)C(=O)Nc2ccc(N3CCCCC3)cc2)cc1. The van der Waals surface area contributed by atoms with Gasteiger partial charge in [0.05, 0.1) is 5.56 Å². The molecule has 0 spiro atoms. The van der Waals surface area contributed by atoms with Crippen molar-refractivity contribution in [1.82, 2.24) is 0 Å². The molecule has 1 saturated heterocycles. The first-order chi connectivity index (χ1) is 13.0. The Kier molecular flexibility index (Phi) is 6.12. The Morgan fingerprint density at radius 3 is 2.22 bits per heavy atom. The maximum Gasteiger partial charge on any atom is 0.338 e. The quantitative estimate of drug-likeness (QED) is 0.807. The first-order valence-corrected chi connectivity index (χ1v) is 9.46. The second kappa shape index (κ2) is 8.71. The molecule has 1 aliphatic heterocycles. The van der Waals surface area contributed by atoms with E-state index in [2.05, 4.69) is 10.2 Å². The molecule has 0 unspecified atom stereocenters. The van der Waals surface area contributed by atoms with Crippen LogP contribution in [0.1, 0.15) is 42.1 Å². The zero-order valence-corrected chi connectivity index (χ0v) is 15.9. The number of piperidine rings is 1. The van der Waals surface area contributed by atoms with Gasteiger partial charge in [-0.1, -0.05) is 17.7 Å². The van der Waals surface area contributed by atoms with Crippen LogP contribution in [-0.2, 0) is 9.53 Å². The Morgan fingerprint density at radius 2 is 1.59 bits per heavy atom. The summed E-state index contributed by atoms with van der Waals surface area (Å²) in [5.74, 6) is -0.848. The third-order valence-electron chi connectivity index (χ3n) is 4.80. The first-order valence-electron chi connectivity index (χ1n) is 9.46. The Labute approximate surface area is 160 Å². The minimum atomic E-state index is -0.874. The van der Waals surface area contributed by atoms with E-state index in [4.69, 9.17) is 4.74 Å². The van der Waals surface area contributed by atoms with Gasteiger partial charge in [-0.05, 0) is 69.5 Å². The van der Waals surface area contributed by atoms with Gasteiger partial charge in [0.1, 0.15) is 0 Å². The number of anilines is 2. The van der Waals surface area contributed by atoms with Crippen molar-refractivity contribution in [3.63, 3.8) is 0 Å². The molecule has 1 amide bonds. The van der Waals surface area contributed by atoms with E-state index in [1.54, 1.807) is 19.1 Å². The van der Waals surface area contributed by atoms with Gasteiger partial charge in [-0.3, -0.25) is 4.79 Å². The number of carbonyl (C=O) groups is 2. The van der Waals surface area contributed by atoms with Crippen LogP contribution in [0.15, 0.2) is 48.5 Å². The van der Waals surface area contributed by atoms with Crippen molar-refractivity contribution < 1.29 is 14.3 Å². The lowest BCUT2D eigenvalue weighted by molar-refractivity contribution is -0.123. The van der Waals surface area contributed by atoms with Gasteiger partial charge in [-0.25, -0.2) is 4.79 Å². The normalized spacial score (nSPS) is 15.1. The van der Waals surface area contributed by atoms with Gasteiger partial charge in [-0.2, -0.15) is 0 Å². The summed E-state index contributed by atoms with van der Waals surface area (Å²) in [7, 11) is 0. The van der Waals surface area contributed by atoms with E-state index in [-0.39, 0.29) is 5.91 Å². The molecule has 5 heteroatoms. The van der Waals surface area contributed by atoms with Crippen molar-refractivity contribution in [2.24, 2.45) is 0 Å². The van der Waals surface area contributed by atoms with E-state index in [1.807, 2.05) is 43.3 Å². The first kappa shape index (κ1) is 19.0. The van der Waals surface area contributed by atoms with E-state index in [0.717, 1.165) is 18.7 Å². The summed E-state index contributed by atoms with van der Waals surface area (Å²) in [6, 6.07) is 14.9. The molecule has 0 aromatic heterocycles. The number of nitrogens with one attached hydrogen (secondary N) is 1. The van der Waals surface area contributed by atoms with E-state index in [1.165, 1.54) is 24.9 Å². The van der Waals surface area contributed by atoms with E-state index in [9.17, 15) is 9.59 Å². The van der Waals surface area contributed by atoms with Crippen molar-refractivity contribution in [2.75, 3.05) is 23.3 Å². The molecule has 1 atom stereocenters. The van der Waals surface area contributed by atoms with Gasteiger partial charge >= 0.3 is 5.97 Å². The van der Waals surface area contributed by atoms with Crippen LogP contribution in [0.25, 0.3) is 0 Å². The highest BCUT2D eigenvalue weighted by atomic mass is 16.5. The topological polar surface area (TPSA) is 58.6 Å². The molecular weight excluding hydrogens is 340 g/mol. The fraction of sp³-hybridized carbons (Fsp3) is 0.364. The largest absolute Gasteiger partial charge is 0.449 e. The summed E-state index contributed by atoms with van der Waals surface area (Å²) < 4.78 is 5.27. The Morgan fingerprint density at radius 1 is 0.963 bits per heavy atom. The standard InChI is InChI=1S/C22H26N2O3/c1-16-6-8-18(9-7-16)22(26)27-17(2)21(25)23-19-10-12-20(13-11-19)24-14-4-3-5-15-24/h6-13,17H,3-5,14-15H2,1-2H3,(H,23,25)/t17-/m0/s1. The minimum Gasteiger partial charge on any atom is -0.449 e. The highest BCUT2D eigenvalue weighted by Gasteiger charge is 2.19. The number of nitrogens with zero attached hydrogens (tertiary/aromatic N) is 1. The summed E-state index contributed by atoms with van der Waals surface area (Å²) in [6.45, 7) is 5.68. The van der Waals surface area contributed by atoms with Crippen molar-refractivity contribution in [1.29, 1.82) is 0 Å². The Balaban J connectivity index is 1.54. The van der Waals surface area contributed by atoms with Gasteiger partial charge in [-0.15, -0.1) is 0 Å². The summed E-state index contributed by atoms with van der Waals surface area (Å²) in [5.41, 5.74) is 3.36. The second-order valence-electron chi connectivity index (χ2n) is 7.00. The van der Waals surface area contributed by atoms with Crippen LogP contribution in [-0.4, -0.2) is 31.1 Å². The van der Waals surface area contributed by atoms with Gasteiger partial charge < -0.3 is 15.0 Å². The van der Waals surface area contributed by atoms with Crippen LogP contribution >= 0.6 is 0 Å². The minimum absolute atomic E-state index is 0.346. The van der Waals surface area contributed by atoms with Crippen LogP contribution in [0, 0.1) is 6.92 Å². The molecule has 3 rings (SSSR count). The lowest BCUT2D eigenvalue weighted by Gasteiger charge is -2.28. The lowest BCUT2D eigenvalue weighted by Crippen LogP contribution is -2.30. The molecule has 1 aliphatic rings. The monoisotopic (exact) mass is 366 g/mol. The fourth-order valence-corrected chi connectivity index (χ4v) is 3.12. The number of rotatable bonds is 5. The zero-order valence-electron chi connectivity index (χ0n) is 15.9. The van der Waals surface area contributed by atoms with Gasteiger partial charge in [0.15, 0.2) is 6.10 Å². The average Bonchev–Trinajstić information content (AvgIpc) is 2.69. The van der Waals surface area contributed by atoms with Gasteiger partial charge in [0.25, 0.3) is 5.91 Å². The second-order valence-corrected chi connectivity index (χ2v) is 7.00. The van der Waals surface area contributed by atoms with Crippen LogP contribution < -0.4 is 10.2 Å². The number of benzene rings is 2. The number of carbonyl (C=O) groups excluding carboxylic acids is 2. The number of hydrogen-bond acceptors (Lipinski definition) is 4. The van der Waals surface area contributed by atoms with Crippen molar-refractivity contribution in [3.05, 3.63) is 59.7 Å². The summed E-state index contributed by atoms with van der Waals surface area (Å²) in [6.07, 6.45) is 2.87. The summed E-state index contributed by atoms with van der Waals surface area (Å²) >= 11 is 0. The molecule has 5 nitrogen and oxygen atoms in total. The molecule has 1 N–H and O–H groups in total. The smallest absolute Gasteiger partial charge is 0.338 e. The van der Waals surface area contributed by atoms with Crippen LogP contribution in [0.4, 0.5) is 11.4 Å². The van der Waals surface area contributed by atoms with Gasteiger partial charge in [0.2, 0.25) is 0 Å². The average molecular weight is 366 g/mol. The van der Waals surface area contributed by atoms with E-state index < -0.39 is 12.1 Å². The maximum atomic E-state index is 12.3. The predicted octanol–water partition coefficient (Wildman–Crippen LogP) is 4.17. The van der Waals surface area contributed by atoms with Crippen LogP contribution in [0.5, 0.6) is 0 Å². The molecule has 0 radical (unpaired) electrons. The number of ether oxygens (including phenoxy) is 1. The molecule has 1 heterocycles. The van der Waals surface area contributed by atoms with Crippen LogP contribution in [0.2, 0.25) is 0 Å². The highest BCUT2D eigenvalue weighted by Crippen LogP contribution is 2.22. The van der Waals surface area contributed by atoms with Gasteiger partial charge in [0, 0.05) is 24.5 Å². The number of aryl methyl sites for hydroxylation is 1. The number of hydrogen-bond donors (Lipinski definition) is 1. The molecule has 0 aliphatic carbocycles. The summed E-state index contributed by atoms with van der Waals surface area (Å²) in [5, 5.41) is 2.80. The lowest BCUT2D eigenvalue weighted by atomic mass is 10.1. The molecule has 142 valence electrons. The number of esters is 1. The Bertz CT molecular complexity index is 778. The third kappa shape index (κ3) is 5.09. The molecule has 1 fully saturated rings. The van der Waals surface area contributed by atoms with Crippen LogP contribution in [0.3, 0.4) is 0 Å². The summed E-state index contributed by atoms with van der Waals surface area (Å²) in [4.78, 5) is 26.8. The molecule has 0 bridgehead atoms. The molecule has 2 aromatic carbocycles. The molecule has 2 aromatic rings. The zero-order chi connectivity index (χ0) is 19.2. The van der Waals surface area contributed by atoms with Crippen molar-refractivity contribution in [2.45, 2.75) is 39.2 Å². The Hall–Kier alpha value is -2.82. The highest BCUT2D eigenvalue weighted by molar-refractivity contribution is 5.97. The third-order valence-corrected chi connectivity index (χ3v) is 4.80. The fourth-order valence-electron chi connectivity index (χ4n) is 3.12. The van der Waals surface area contributed by atoms with E-state index >= 15 is 0 Å². The maximum absolute atomic E-state index is 12.3. The molecular formula is C22H26N2O3. The predicted molar refractivity (Wildman–Crippen MR) is 107 cm³/mol.